The van der Waals surface area contributed by atoms with Crippen LogP contribution < -0.4 is 4.31 Å². The van der Waals surface area contributed by atoms with E-state index in [1.54, 1.807) is 23.0 Å². The van der Waals surface area contributed by atoms with Gasteiger partial charge in [-0.1, -0.05) is 18.2 Å². The van der Waals surface area contributed by atoms with Crippen molar-refractivity contribution in [3.8, 4) is 0 Å². The lowest BCUT2D eigenvalue weighted by atomic mass is 9.87. The molecule has 1 N–H and O–H groups in total. The van der Waals surface area contributed by atoms with E-state index in [0.717, 1.165) is 34.6 Å². The third-order valence-electron chi connectivity index (χ3n) is 6.46. The van der Waals surface area contributed by atoms with Crippen molar-refractivity contribution in [2.45, 2.75) is 54.7 Å². The number of halogens is 7. The minimum absolute atomic E-state index is 0.0155. The molecule has 0 radical (unpaired) electrons. The molecule has 1 atom stereocenters. The largest absolute Gasteiger partial charge is 0.430 e. The monoisotopic (exact) mass is 577 g/mol. The molecule has 0 unspecified atom stereocenters. The van der Waals surface area contributed by atoms with Crippen LogP contribution in [0.5, 0.6) is 0 Å². The highest BCUT2D eigenvalue weighted by molar-refractivity contribution is 7.92. The number of benzene rings is 2. The van der Waals surface area contributed by atoms with Crippen LogP contribution in [0, 0.1) is 5.82 Å². The van der Waals surface area contributed by atoms with E-state index in [4.69, 9.17) is 0 Å². The van der Waals surface area contributed by atoms with E-state index in [-0.39, 0.29) is 35.4 Å². The lowest BCUT2D eigenvalue weighted by Crippen LogP contribution is -2.54. The van der Waals surface area contributed by atoms with E-state index in [1.807, 2.05) is 0 Å². The number of aryl methyl sites for hydroxylation is 1. The Morgan fingerprint density at radius 3 is 2.26 bits per heavy atom. The van der Waals surface area contributed by atoms with Gasteiger partial charge in [0.2, 0.25) is 0 Å². The van der Waals surface area contributed by atoms with Crippen molar-refractivity contribution in [2.75, 3.05) is 4.31 Å². The van der Waals surface area contributed by atoms with Gasteiger partial charge in [-0.15, -0.1) is 6.58 Å². The molecule has 0 spiro atoms. The fourth-order valence-corrected chi connectivity index (χ4v) is 6.29. The summed E-state index contributed by atoms with van der Waals surface area (Å²) < 4.78 is 124. The minimum Gasteiger partial charge on any atom is -0.369 e. The molecule has 0 bridgehead atoms. The van der Waals surface area contributed by atoms with Crippen molar-refractivity contribution in [1.29, 1.82) is 0 Å². The van der Waals surface area contributed by atoms with Crippen LogP contribution in [0.2, 0.25) is 0 Å². The molecule has 14 heteroatoms. The van der Waals surface area contributed by atoms with Crippen LogP contribution in [0.15, 0.2) is 72.3 Å². The first-order valence-corrected chi connectivity index (χ1v) is 13.0. The first kappa shape index (κ1) is 28.6. The molecular formula is C25H22F7N3O3S. The van der Waals surface area contributed by atoms with Crippen molar-refractivity contribution >= 4 is 15.7 Å². The molecule has 1 aliphatic rings. The minimum atomic E-state index is -6.10. The summed E-state index contributed by atoms with van der Waals surface area (Å²) in [6.07, 6.45) is -8.94. The molecule has 0 saturated heterocycles. The molecule has 6 nitrogen and oxygen atoms in total. The SMILES string of the molecule is C=CCn1ccc(C[C@@H]2CCc3cc(C(O)(C(F)(F)F)C(F)(F)F)ccc3N2S(=O)(=O)c2ccc(F)cc2)n1. The number of sulfonamides is 1. The normalized spacial score (nSPS) is 16.7. The number of nitrogens with zero attached hydrogens (tertiary/aromatic N) is 3. The van der Waals surface area contributed by atoms with Gasteiger partial charge in [0.05, 0.1) is 28.9 Å². The van der Waals surface area contributed by atoms with Gasteiger partial charge in [0, 0.05) is 18.2 Å². The number of hydrogen-bond acceptors (Lipinski definition) is 4. The second-order valence-electron chi connectivity index (χ2n) is 9.02. The first-order valence-electron chi connectivity index (χ1n) is 11.5. The number of aliphatic hydroxyl groups is 1. The Hall–Kier alpha value is -3.39. The van der Waals surface area contributed by atoms with Crippen LogP contribution in [-0.2, 0) is 35.0 Å². The summed E-state index contributed by atoms with van der Waals surface area (Å²) in [6, 6.07) is 6.43. The molecule has 0 fully saturated rings. The van der Waals surface area contributed by atoms with E-state index >= 15 is 0 Å². The lowest BCUT2D eigenvalue weighted by Gasteiger charge is -2.39. The number of anilines is 1. The van der Waals surface area contributed by atoms with E-state index < -0.39 is 45.4 Å². The number of rotatable bonds is 7. The predicted molar refractivity (Wildman–Crippen MR) is 127 cm³/mol. The van der Waals surface area contributed by atoms with Crippen LogP contribution in [-0.4, -0.2) is 41.7 Å². The number of alkyl halides is 6. The molecule has 39 heavy (non-hydrogen) atoms. The van der Waals surface area contributed by atoms with E-state index in [9.17, 15) is 44.3 Å². The average molecular weight is 578 g/mol. The fraction of sp³-hybridized carbons (Fsp3) is 0.320. The van der Waals surface area contributed by atoms with E-state index in [0.29, 0.717) is 24.4 Å². The van der Waals surface area contributed by atoms with Gasteiger partial charge in [0.15, 0.2) is 0 Å². The number of hydrogen-bond donors (Lipinski definition) is 1. The van der Waals surface area contributed by atoms with Crippen LogP contribution in [0.1, 0.15) is 23.2 Å². The summed E-state index contributed by atoms with van der Waals surface area (Å²) in [7, 11) is -4.46. The van der Waals surface area contributed by atoms with Crippen LogP contribution in [0.4, 0.5) is 36.4 Å². The zero-order valence-corrected chi connectivity index (χ0v) is 20.9. The molecule has 0 saturated carbocycles. The average Bonchev–Trinajstić information content (AvgIpc) is 3.28. The second-order valence-corrected chi connectivity index (χ2v) is 10.8. The lowest BCUT2D eigenvalue weighted by molar-refractivity contribution is -0.376. The summed E-state index contributed by atoms with van der Waals surface area (Å²) in [5, 5.41) is 14.2. The van der Waals surface area contributed by atoms with E-state index in [1.165, 1.54) is 0 Å². The van der Waals surface area contributed by atoms with Gasteiger partial charge in [-0.25, -0.2) is 12.8 Å². The number of aromatic nitrogens is 2. The summed E-state index contributed by atoms with van der Waals surface area (Å²) >= 11 is 0. The van der Waals surface area contributed by atoms with Gasteiger partial charge in [-0.3, -0.25) is 8.99 Å². The van der Waals surface area contributed by atoms with Crippen molar-refractivity contribution in [1.82, 2.24) is 9.78 Å². The Morgan fingerprint density at radius 2 is 1.67 bits per heavy atom. The van der Waals surface area contributed by atoms with Gasteiger partial charge < -0.3 is 5.11 Å². The van der Waals surface area contributed by atoms with Crippen LogP contribution in [0.3, 0.4) is 0 Å². The Bertz CT molecular complexity index is 1450. The highest BCUT2D eigenvalue weighted by Gasteiger charge is 2.71. The van der Waals surface area contributed by atoms with Crippen molar-refractivity contribution in [3.05, 3.63) is 90.0 Å². The Labute approximate surface area is 219 Å². The van der Waals surface area contributed by atoms with Crippen molar-refractivity contribution < 1.29 is 44.3 Å². The summed E-state index contributed by atoms with van der Waals surface area (Å²) in [6.45, 7) is 4.00. The number of allylic oxidation sites excluding steroid dienone is 1. The molecule has 3 aromatic rings. The maximum atomic E-state index is 13.7. The summed E-state index contributed by atoms with van der Waals surface area (Å²) in [4.78, 5) is -0.329. The molecule has 4 rings (SSSR count). The van der Waals surface area contributed by atoms with Gasteiger partial charge >= 0.3 is 12.4 Å². The van der Waals surface area contributed by atoms with Crippen LogP contribution >= 0.6 is 0 Å². The Kier molecular flexibility index (Phi) is 7.32. The molecular weight excluding hydrogens is 555 g/mol. The van der Waals surface area contributed by atoms with E-state index in [2.05, 4.69) is 11.7 Å². The third-order valence-corrected chi connectivity index (χ3v) is 8.34. The topological polar surface area (TPSA) is 75.4 Å². The summed E-state index contributed by atoms with van der Waals surface area (Å²) in [5.74, 6) is -0.708. The van der Waals surface area contributed by atoms with Crippen LogP contribution in [0.25, 0.3) is 0 Å². The quantitative estimate of drug-likeness (QED) is 0.307. The van der Waals surface area contributed by atoms with Gasteiger partial charge in [0.25, 0.3) is 15.6 Å². The molecule has 1 aliphatic heterocycles. The Morgan fingerprint density at radius 1 is 1.03 bits per heavy atom. The summed E-state index contributed by atoms with van der Waals surface area (Å²) in [5.41, 5.74) is -6.45. The van der Waals surface area contributed by atoms with Gasteiger partial charge in [-0.2, -0.15) is 31.4 Å². The first-order chi connectivity index (χ1) is 18.1. The predicted octanol–water partition coefficient (Wildman–Crippen LogP) is 5.27. The Balaban J connectivity index is 1.83. The zero-order chi connectivity index (χ0) is 28.8. The van der Waals surface area contributed by atoms with Gasteiger partial charge in [0.1, 0.15) is 5.82 Å². The fourth-order valence-electron chi connectivity index (χ4n) is 4.57. The molecule has 210 valence electrons. The maximum Gasteiger partial charge on any atom is 0.430 e. The molecule has 2 aromatic carbocycles. The highest BCUT2D eigenvalue weighted by Crippen LogP contribution is 2.51. The molecule has 0 aliphatic carbocycles. The maximum absolute atomic E-state index is 13.7. The third kappa shape index (κ3) is 5.14. The molecule has 1 aromatic heterocycles. The van der Waals surface area contributed by atoms with Gasteiger partial charge in [-0.05, 0) is 54.8 Å². The second kappa shape index (κ2) is 9.97. The highest BCUT2D eigenvalue weighted by atomic mass is 32.2. The zero-order valence-electron chi connectivity index (χ0n) is 20.0. The number of fused-ring (bicyclic) bond motifs is 1. The molecule has 0 amide bonds. The standard InChI is InChI=1S/C25H22F7N3O3S/c1-2-12-34-13-11-19(33-34)15-20-7-3-16-14-17(23(36,24(27,28)29)25(30,31)32)4-10-22(16)35(20)39(37,38)21-8-5-18(26)6-9-21/h2,4-6,8-11,13-14,20,36H,1,3,7,12,15H2/t20-/m0/s1. The smallest absolute Gasteiger partial charge is 0.369 e. The van der Waals surface area contributed by atoms with Crippen molar-refractivity contribution in [2.24, 2.45) is 0 Å². The molecule has 2 heterocycles. The van der Waals surface area contributed by atoms with Crippen molar-refractivity contribution in [3.63, 3.8) is 0 Å².